The van der Waals surface area contributed by atoms with Crippen molar-refractivity contribution in [2.45, 2.75) is 46.1 Å². The van der Waals surface area contributed by atoms with Gasteiger partial charge in [0, 0.05) is 17.1 Å². The van der Waals surface area contributed by atoms with E-state index in [0.29, 0.717) is 24.0 Å². The first kappa shape index (κ1) is 12.2. The van der Waals surface area contributed by atoms with E-state index in [0.717, 1.165) is 17.6 Å². The molecule has 0 aliphatic heterocycles. The maximum Gasteiger partial charge on any atom is 0.229 e. The van der Waals surface area contributed by atoms with Gasteiger partial charge in [0.15, 0.2) is 0 Å². The quantitative estimate of drug-likeness (QED) is 0.515. The van der Waals surface area contributed by atoms with Crippen LogP contribution in [0.25, 0.3) is 0 Å². The van der Waals surface area contributed by atoms with E-state index in [2.05, 4.69) is 0 Å². The number of carbonyl (C=O) groups is 2. The van der Waals surface area contributed by atoms with E-state index < -0.39 is 6.10 Å². The zero-order valence-electron chi connectivity index (χ0n) is 10.5. The van der Waals surface area contributed by atoms with Crippen molar-refractivity contribution >= 4 is 11.6 Å². The summed E-state index contributed by atoms with van der Waals surface area (Å²) in [6, 6.07) is 0. The molecule has 0 saturated heterocycles. The number of ketones is 2. The second-order valence-electron chi connectivity index (χ2n) is 5.20. The number of hydrogen-bond donors (Lipinski definition) is 1. The van der Waals surface area contributed by atoms with Gasteiger partial charge < -0.3 is 5.11 Å². The summed E-state index contributed by atoms with van der Waals surface area (Å²) in [4.78, 5) is 24.0. The molecule has 0 spiro atoms. The monoisotopic (exact) mass is 234 g/mol. The van der Waals surface area contributed by atoms with Crippen molar-refractivity contribution in [3.63, 3.8) is 0 Å². The normalized spacial score (nSPS) is 29.5. The van der Waals surface area contributed by atoms with Crippen LogP contribution in [0.15, 0.2) is 22.3 Å². The minimum atomic E-state index is -0.409. The highest BCUT2D eigenvalue weighted by Crippen LogP contribution is 2.40. The molecule has 0 heterocycles. The molecular weight excluding hydrogens is 216 g/mol. The summed E-state index contributed by atoms with van der Waals surface area (Å²) in [6.07, 6.45) is 1.55. The van der Waals surface area contributed by atoms with Crippen molar-refractivity contribution in [1.82, 2.24) is 0 Å². The SMILES string of the molecule is CC(C)=C1CC2C(=C(C)C(=O)C1=O)CCC2O. The minimum absolute atomic E-state index is 0.0321. The molecule has 2 atom stereocenters. The highest BCUT2D eigenvalue weighted by Gasteiger charge is 2.39. The van der Waals surface area contributed by atoms with Gasteiger partial charge in [0.05, 0.1) is 6.10 Å². The van der Waals surface area contributed by atoms with Crippen molar-refractivity contribution in [3.8, 4) is 0 Å². The van der Waals surface area contributed by atoms with Crippen LogP contribution in [0.5, 0.6) is 0 Å². The molecule has 17 heavy (non-hydrogen) atoms. The summed E-state index contributed by atoms with van der Waals surface area (Å²) < 4.78 is 0. The van der Waals surface area contributed by atoms with Crippen molar-refractivity contribution in [2.24, 2.45) is 5.92 Å². The molecule has 2 aliphatic rings. The molecule has 0 aromatic carbocycles. The van der Waals surface area contributed by atoms with Gasteiger partial charge in [-0.3, -0.25) is 9.59 Å². The smallest absolute Gasteiger partial charge is 0.229 e. The van der Waals surface area contributed by atoms with E-state index in [4.69, 9.17) is 0 Å². The Morgan fingerprint density at radius 3 is 2.47 bits per heavy atom. The van der Waals surface area contributed by atoms with Crippen LogP contribution < -0.4 is 0 Å². The van der Waals surface area contributed by atoms with Gasteiger partial charge in [-0.25, -0.2) is 0 Å². The molecule has 1 N–H and O–H groups in total. The van der Waals surface area contributed by atoms with E-state index in [-0.39, 0.29) is 17.5 Å². The van der Waals surface area contributed by atoms with Crippen LogP contribution >= 0.6 is 0 Å². The van der Waals surface area contributed by atoms with E-state index in [1.807, 2.05) is 13.8 Å². The number of rotatable bonds is 0. The third-order valence-electron chi connectivity index (χ3n) is 3.95. The van der Waals surface area contributed by atoms with Crippen LogP contribution in [0.3, 0.4) is 0 Å². The average Bonchev–Trinajstić information content (AvgIpc) is 2.60. The lowest BCUT2D eigenvalue weighted by Crippen LogP contribution is -2.18. The molecule has 0 radical (unpaired) electrons. The standard InChI is InChI=1S/C14H18O3/c1-7(2)10-6-11-9(4-5-12(11)15)8(3)13(16)14(10)17/h11-12,15H,4-6H2,1-3H3. The second kappa shape index (κ2) is 4.22. The number of hydrogen-bond acceptors (Lipinski definition) is 3. The highest BCUT2D eigenvalue weighted by molar-refractivity contribution is 6.49. The Morgan fingerprint density at radius 1 is 1.24 bits per heavy atom. The zero-order chi connectivity index (χ0) is 12.7. The van der Waals surface area contributed by atoms with E-state index >= 15 is 0 Å². The summed E-state index contributed by atoms with van der Waals surface area (Å²) in [7, 11) is 0. The lowest BCUT2D eigenvalue weighted by Gasteiger charge is -2.16. The molecule has 92 valence electrons. The minimum Gasteiger partial charge on any atom is -0.392 e. The zero-order valence-corrected chi connectivity index (χ0v) is 10.5. The fourth-order valence-corrected chi connectivity index (χ4v) is 2.84. The van der Waals surface area contributed by atoms with Crippen molar-refractivity contribution in [3.05, 3.63) is 22.3 Å². The average molecular weight is 234 g/mol. The maximum absolute atomic E-state index is 12.0. The Labute approximate surface area is 101 Å². The Hall–Kier alpha value is -1.22. The van der Waals surface area contributed by atoms with Crippen LogP contribution in [0.2, 0.25) is 0 Å². The van der Waals surface area contributed by atoms with Gasteiger partial charge in [0.25, 0.3) is 0 Å². The van der Waals surface area contributed by atoms with E-state index in [9.17, 15) is 14.7 Å². The first-order valence-electron chi connectivity index (χ1n) is 6.06. The summed E-state index contributed by atoms with van der Waals surface area (Å²) in [5.74, 6) is -0.792. The molecule has 0 bridgehead atoms. The van der Waals surface area contributed by atoms with Gasteiger partial charge in [-0.2, -0.15) is 0 Å². The maximum atomic E-state index is 12.0. The highest BCUT2D eigenvalue weighted by atomic mass is 16.3. The molecule has 0 amide bonds. The van der Waals surface area contributed by atoms with Gasteiger partial charge in [-0.15, -0.1) is 0 Å². The van der Waals surface area contributed by atoms with E-state index in [1.54, 1.807) is 6.92 Å². The number of allylic oxidation sites excluding steroid dienone is 3. The van der Waals surface area contributed by atoms with Crippen LogP contribution in [0, 0.1) is 5.92 Å². The Bertz CT molecular complexity index is 450. The number of Topliss-reactive ketones (excluding diaryl/α,β-unsaturated/α-hetero) is 2. The first-order valence-corrected chi connectivity index (χ1v) is 6.06. The van der Waals surface area contributed by atoms with Crippen molar-refractivity contribution in [1.29, 1.82) is 0 Å². The van der Waals surface area contributed by atoms with Gasteiger partial charge in [-0.05, 0) is 40.0 Å². The summed E-state index contributed by atoms with van der Waals surface area (Å²) in [5.41, 5.74) is 3.03. The molecule has 1 fully saturated rings. The number of aliphatic hydroxyl groups excluding tert-OH is 1. The van der Waals surface area contributed by atoms with Crippen LogP contribution in [0.1, 0.15) is 40.0 Å². The third kappa shape index (κ3) is 1.89. The molecule has 1 saturated carbocycles. The summed E-state index contributed by atoms with van der Waals surface area (Å²) in [6.45, 7) is 5.42. The van der Waals surface area contributed by atoms with Crippen LogP contribution in [-0.2, 0) is 9.59 Å². The number of carbonyl (C=O) groups excluding carboxylic acids is 2. The predicted octanol–water partition coefficient (Wildman–Crippen LogP) is 1.95. The largest absolute Gasteiger partial charge is 0.392 e. The van der Waals surface area contributed by atoms with Gasteiger partial charge in [0.2, 0.25) is 11.6 Å². The fourth-order valence-electron chi connectivity index (χ4n) is 2.84. The predicted molar refractivity (Wildman–Crippen MR) is 64.4 cm³/mol. The van der Waals surface area contributed by atoms with Gasteiger partial charge in [-0.1, -0.05) is 11.1 Å². The Kier molecular flexibility index (Phi) is 3.04. The van der Waals surface area contributed by atoms with Gasteiger partial charge >= 0.3 is 0 Å². The first-order chi connectivity index (χ1) is 7.93. The lowest BCUT2D eigenvalue weighted by atomic mass is 9.91. The molecule has 0 aromatic rings. The molecule has 3 nitrogen and oxygen atoms in total. The van der Waals surface area contributed by atoms with Crippen LogP contribution in [0.4, 0.5) is 0 Å². The van der Waals surface area contributed by atoms with Crippen molar-refractivity contribution in [2.75, 3.05) is 0 Å². The fraction of sp³-hybridized carbons (Fsp3) is 0.571. The summed E-state index contributed by atoms with van der Waals surface area (Å²) in [5, 5.41) is 9.96. The molecule has 2 aliphatic carbocycles. The Balaban J connectivity index is 2.53. The van der Waals surface area contributed by atoms with Crippen molar-refractivity contribution < 1.29 is 14.7 Å². The molecule has 2 rings (SSSR count). The lowest BCUT2D eigenvalue weighted by molar-refractivity contribution is -0.132. The molecular formula is C14H18O3. The topological polar surface area (TPSA) is 54.4 Å². The number of aliphatic hydroxyl groups is 1. The molecule has 2 unspecified atom stereocenters. The summed E-state index contributed by atoms with van der Waals surface area (Å²) >= 11 is 0. The van der Waals surface area contributed by atoms with E-state index in [1.165, 1.54) is 0 Å². The second-order valence-corrected chi connectivity index (χ2v) is 5.20. The molecule has 0 aromatic heterocycles. The third-order valence-corrected chi connectivity index (χ3v) is 3.95. The molecule has 3 heteroatoms. The van der Waals surface area contributed by atoms with Crippen LogP contribution in [-0.4, -0.2) is 22.8 Å². The number of fused-ring (bicyclic) bond motifs is 1. The van der Waals surface area contributed by atoms with Gasteiger partial charge in [0.1, 0.15) is 0 Å². The Morgan fingerprint density at radius 2 is 1.88 bits per heavy atom.